The van der Waals surface area contributed by atoms with Gasteiger partial charge in [0, 0.05) is 51.3 Å². The van der Waals surface area contributed by atoms with Crippen LogP contribution >= 0.6 is 0 Å². The molecule has 0 unspecified atom stereocenters. The first-order valence-electron chi connectivity index (χ1n) is 10.5. The number of hydrogen-bond donors (Lipinski definition) is 2. The van der Waals surface area contributed by atoms with Gasteiger partial charge in [0.1, 0.15) is 5.82 Å². The van der Waals surface area contributed by atoms with Gasteiger partial charge in [0.2, 0.25) is 0 Å². The molecule has 3 heterocycles. The van der Waals surface area contributed by atoms with Crippen molar-refractivity contribution in [3.8, 4) is 0 Å². The number of aromatic nitrogens is 3. The van der Waals surface area contributed by atoms with Crippen LogP contribution in [0.4, 0.5) is 5.82 Å². The van der Waals surface area contributed by atoms with Gasteiger partial charge in [0.15, 0.2) is 5.96 Å². The molecule has 0 spiro atoms. The molecule has 2 aromatic rings. The standard InChI is InChI=1S/C21H33N7/c1-2-22-21(24-10-7-15-28-16-8-11-26-28)25-18-19-9-12-23-20(17-19)27-13-5-3-4-6-14-27/h8-9,11-12,16-17H,2-7,10,13-15,18H2,1H3,(H2,22,24,25). The number of hydrogen-bond acceptors (Lipinski definition) is 4. The van der Waals surface area contributed by atoms with E-state index in [1.165, 1.54) is 31.2 Å². The summed E-state index contributed by atoms with van der Waals surface area (Å²) < 4.78 is 1.95. The Hall–Kier alpha value is -2.57. The van der Waals surface area contributed by atoms with Gasteiger partial charge in [-0.1, -0.05) is 12.8 Å². The van der Waals surface area contributed by atoms with Crippen LogP contribution in [0, 0.1) is 0 Å². The summed E-state index contributed by atoms with van der Waals surface area (Å²) in [6.07, 6.45) is 11.9. The molecule has 7 heteroatoms. The molecular weight excluding hydrogens is 350 g/mol. The topological polar surface area (TPSA) is 70.4 Å². The maximum Gasteiger partial charge on any atom is 0.191 e. The monoisotopic (exact) mass is 383 g/mol. The third kappa shape index (κ3) is 6.55. The molecule has 0 bridgehead atoms. The predicted octanol–water partition coefficient (Wildman–Crippen LogP) is 2.80. The highest BCUT2D eigenvalue weighted by molar-refractivity contribution is 5.79. The van der Waals surface area contributed by atoms with Gasteiger partial charge in [-0.25, -0.2) is 9.98 Å². The first-order chi connectivity index (χ1) is 13.8. The Balaban J connectivity index is 1.52. The van der Waals surface area contributed by atoms with E-state index in [-0.39, 0.29) is 0 Å². The third-order valence-corrected chi connectivity index (χ3v) is 4.92. The molecule has 0 aromatic carbocycles. The number of aliphatic imine (C=N–C) groups is 1. The second kappa shape index (κ2) is 11.3. The molecule has 1 aliphatic heterocycles. The molecule has 1 saturated heterocycles. The van der Waals surface area contributed by atoms with E-state index in [0.717, 1.165) is 50.9 Å². The van der Waals surface area contributed by atoms with E-state index in [1.54, 1.807) is 0 Å². The van der Waals surface area contributed by atoms with Crippen LogP contribution in [0.1, 0.15) is 44.6 Å². The van der Waals surface area contributed by atoms with Crippen LogP contribution in [0.15, 0.2) is 41.8 Å². The molecule has 0 radical (unpaired) electrons. The lowest BCUT2D eigenvalue weighted by Crippen LogP contribution is -2.38. The number of anilines is 1. The van der Waals surface area contributed by atoms with Gasteiger partial charge in [0.25, 0.3) is 0 Å². The van der Waals surface area contributed by atoms with E-state index in [2.05, 4.69) is 44.7 Å². The van der Waals surface area contributed by atoms with E-state index in [1.807, 2.05) is 29.3 Å². The lowest BCUT2D eigenvalue weighted by atomic mass is 10.2. The Bertz CT molecular complexity index is 703. The Morgan fingerprint density at radius 2 is 2.00 bits per heavy atom. The Labute approximate surface area is 168 Å². The molecule has 1 fully saturated rings. The van der Waals surface area contributed by atoms with Crippen molar-refractivity contribution in [2.45, 2.75) is 52.1 Å². The fraction of sp³-hybridized carbons (Fsp3) is 0.571. The van der Waals surface area contributed by atoms with Crippen LogP contribution in [0.2, 0.25) is 0 Å². The number of aryl methyl sites for hydroxylation is 1. The van der Waals surface area contributed by atoms with E-state index >= 15 is 0 Å². The fourth-order valence-corrected chi connectivity index (χ4v) is 3.42. The summed E-state index contributed by atoms with van der Waals surface area (Å²) in [5.74, 6) is 1.95. The van der Waals surface area contributed by atoms with Crippen LogP contribution in [0.25, 0.3) is 0 Å². The predicted molar refractivity (Wildman–Crippen MR) is 115 cm³/mol. The van der Waals surface area contributed by atoms with Gasteiger partial charge in [-0.15, -0.1) is 0 Å². The van der Waals surface area contributed by atoms with Gasteiger partial charge < -0.3 is 15.5 Å². The van der Waals surface area contributed by atoms with Crippen molar-refractivity contribution in [2.24, 2.45) is 4.99 Å². The van der Waals surface area contributed by atoms with Crippen LogP contribution < -0.4 is 15.5 Å². The number of rotatable bonds is 8. The van der Waals surface area contributed by atoms with E-state index in [9.17, 15) is 0 Å². The zero-order valence-electron chi connectivity index (χ0n) is 17.0. The van der Waals surface area contributed by atoms with Crippen LogP contribution in [0.3, 0.4) is 0 Å². The Kier molecular flexibility index (Phi) is 8.15. The number of nitrogens with one attached hydrogen (secondary N) is 2. The van der Waals surface area contributed by atoms with Gasteiger partial charge >= 0.3 is 0 Å². The molecule has 3 rings (SSSR count). The second-order valence-electron chi connectivity index (χ2n) is 7.17. The van der Waals surface area contributed by atoms with Gasteiger partial charge in [-0.05, 0) is 49.9 Å². The summed E-state index contributed by atoms with van der Waals surface area (Å²) in [6, 6.07) is 6.20. The van der Waals surface area contributed by atoms with Gasteiger partial charge in [0.05, 0.1) is 6.54 Å². The SMILES string of the molecule is CCNC(=NCc1ccnc(N2CCCCCC2)c1)NCCCn1cccn1. The fourth-order valence-electron chi connectivity index (χ4n) is 3.42. The molecule has 0 amide bonds. The highest BCUT2D eigenvalue weighted by atomic mass is 15.3. The smallest absolute Gasteiger partial charge is 0.191 e. The molecular formula is C21H33N7. The summed E-state index contributed by atoms with van der Waals surface area (Å²) in [6.45, 7) is 7.58. The molecule has 28 heavy (non-hydrogen) atoms. The van der Waals surface area contributed by atoms with E-state index in [0.29, 0.717) is 6.54 Å². The normalized spacial score (nSPS) is 15.3. The quantitative estimate of drug-likeness (QED) is 0.417. The maximum absolute atomic E-state index is 4.75. The Morgan fingerprint density at radius 1 is 1.14 bits per heavy atom. The minimum absolute atomic E-state index is 0.651. The number of guanidine groups is 1. The summed E-state index contributed by atoms with van der Waals surface area (Å²) in [5.41, 5.74) is 1.20. The minimum Gasteiger partial charge on any atom is -0.357 e. The highest BCUT2D eigenvalue weighted by Gasteiger charge is 2.11. The van der Waals surface area contributed by atoms with Crippen molar-refractivity contribution < 1.29 is 0 Å². The molecule has 152 valence electrons. The summed E-state index contributed by atoms with van der Waals surface area (Å²) in [4.78, 5) is 11.8. The van der Waals surface area contributed by atoms with Crippen molar-refractivity contribution in [1.82, 2.24) is 25.4 Å². The Morgan fingerprint density at radius 3 is 2.75 bits per heavy atom. The molecule has 0 saturated carbocycles. The minimum atomic E-state index is 0.651. The largest absolute Gasteiger partial charge is 0.357 e. The molecule has 0 atom stereocenters. The first kappa shape index (κ1) is 20.2. The maximum atomic E-state index is 4.75. The van der Waals surface area contributed by atoms with Crippen molar-refractivity contribution in [2.75, 3.05) is 31.1 Å². The molecule has 2 aromatic heterocycles. The average Bonchev–Trinajstić information content (AvgIpc) is 3.09. The molecule has 2 N–H and O–H groups in total. The highest BCUT2D eigenvalue weighted by Crippen LogP contribution is 2.18. The van der Waals surface area contributed by atoms with E-state index < -0.39 is 0 Å². The summed E-state index contributed by atoms with van der Waals surface area (Å²) in [7, 11) is 0. The average molecular weight is 384 g/mol. The zero-order chi connectivity index (χ0) is 19.4. The van der Waals surface area contributed by atoms with Crippen LogP contribution in [-0.4, -0.2) is 46.9 Å². The van der Waals surface area contributed by atoms with Crippen LogP contribution in [0.5, 0.6) is 0 Å². The second-order valence-corrected chi connectivity index (χ2v) is 7.17. The van der Waals surface area contributed by atoms with Crippen molar-refractivity contribution in [3.05, 3.63) is 42.4 Å². The molecule has 1 aliphatic rings. The number of pyridine rings is 1. The summed E-state index contributed by atoms with van der Waals surface area (Å²) >= 11 is 0. The molecule has 0 aliphatic carbocycles. The summed E-state index contributed by atoms with van der Waals surface area (Å²) in [5, 5.41) is 11.0. The van der Waals surface area contributed by atoms with Crippen LogP contribution in [-0.2, 0) is 13.1 Å². The lowest BCUT2D eigenvalue weighted by Gasteiger charge is -2.21. The zero-order valence-corrected chi connectivity index (χ0v) is 17.0. The first-order valence-corrected chi connectivity index (χ1v) is 10.5. The van der Waals surface area contributed by atoms with Crippen molar-refractivity contribution >= 4 is 11.8 Å². The number of nitrogens with zero attached hydrogens (tertiary/aromatic N) is 5. The van der Waals surface area contributed by atoms with Crippen molar-refractivity contribution in [3.63, 3.8) is 0 Å². The third-order valence-electron chi connectivity index (χ3n) is 4.92. The van der Waals surface area contributed by atoms with Gasteiger partial charge in [-0.3, -0.25) is 4.68 Å². The van der Waals surface area contributed by atoms with E-state index in [4.69, 9.17) is 4.99 Å². The van der Waals surface area contributed by atoms with Crippen molar-refractivity contribution in [1.29, 1.82) is 0 Å². The molecule has 7 nitrogen and oxygen atoms in total. The lowest BCUT2D eigenvalue weighted by molar-refractivity contribution is 0.570. The van der Waals surface area contributed by atoms with Gasteiger partial charge in [-0.2, -0.15) is 5.10 Å².